The van der Waals surface area contributed by atoms with Crippen LogP contribution in [-0.2, 0) is 17.4 Å². The molecule has 0 radical (unpaired) electrons. The molecule has 2 amide bonds. The molecule has 0 bridgehead atoms. The van der Waals surface area contributed by atoms with E-state index in [0.717, 1.165) is 30.2 Å². The molecule has 2 heterocycles. The zero-order valence-corrected chi connectivity index (χ0v) is 25.4. The second-order valence-electron chi connectivity index (χ2n) is 12.0. The third-order valence-corrected chi connectivity index (χ3v) is 7.91. The lowest BCUT2D eigenvalue weighted by atomic mass is 9.80. The number of nitrogens with zero attached hydrogens (tertiary/aromatic N) is 4. The number of pyridine rings is 1. The molecule has 1 saturated carbocycles. The molecular weight excluding hydrogens is 583 g/mol. The van der Waals surface area contributed by atoms with E-state index in [9.17, 15) is 22.8 Å². The fourth-order valence-corrected chi connectivity index (χ4v) is 5.77. The molecule has 2 atom stereocenters. The van der Waals surface area contributed by atoms with Crippen LogP contribution >= 0.6 is 0 Å². The van der Waals surface area contributed by atoms with Gasteiger partial charge in [-0.3, -0.25) is 9.59 Å². The van der Waals surface area contributed by atoms with E-state index in [4.69, 9.17) is 0 Å². The Hall–Kier alpha value is -4.58. The third kappa shape index (κ3) is 7.93. The van der Waals surface area contributed by atoms with Crippen molar-refractivity contribution in [3.05, 3.63) is 95.1 Å². The average Bonchev–Trinajstić information content (AvgIpc) is 3.41. The summed E-state index contributed by atoms with van der Waals surface area (Å²) in [5, 5.41) is 9.02. The fourth-order valence-electron chi connectivity index (χ4n) is 5.77. The standard InChI is InChI=1S/C33H36F3N7O2/c1-32(42-30(45)27-15-13-23(19-37-27)39-28(44)11-7-17-43(2)3)16-6-9-22(18-32)40-31-38-20-26(33(34,35)36)29(41-31)25-14-12-21-8-4-5-10-24(21)25/h4-5,7-8,10-11,13-15,19-20,22H,6,9,12,16-18H2,1-3H3,(H,39,44)(H,42,45)(H,38,40,41)/b11-7+/t22-,32+/m1/s1. The number of hydrogen-bond donors (Lipinski definition) is 3. The maximum absolute atomic E-state index is 14.0. The monoisotopic (exact) mass is 619 g/mol. The number of halogens is 3. The Morgan fingerprint density at radius 3 is 2.64 bits per heavy atom. The first kappa shape index (κ1) is 31.8. The van der Waals surface area contributed by atoms with Crippen LogP contribution in [0.1, 0.15) is 65.5 Å². The Morgan fingerprint density at radius 1 is 1.11 bits per heavy atom. The molecule has 2 aromatic heterocycles. The SMILES string of the molecule is CN(C)C/C=C/C(=O)Nc1ccc(C(=O)N[C@@]2(C)CCC[C@@H](Nc3ncc(C(F)(F)F)c(C4=CCc5ccccc54)n3)C2)nc1. The van der Waals surface area contributed by atoms with Gasteiger partial charge in [-0.15, -0.1) is 0 Å². The molecule has 1 fully saturated rings. The number of alkyl halides is 3. The van der Waals surface area contributed by atoms with Crippen LogP contribution < -0.4 is 16.0 Å². The first-order valence-electron chi connectivity index (χ1n) is 14.8. The van der Waals surface area contributed by atoms with Gasteiger partial charge in [0.05, 0.1) is 17.6 Å². The van der Waals surface area contributed by atoms with E-state index in [1.165, 1.54) is 12.3 Å². The number of carbonyl (C=O) groups excluding carboxylic acids is 2. The highest BCUT2D eigenvalue weighted by Gasteiger charge is 2.38. The van der Waals surface area contributed by atoms with Gasteiger partial charge in [-0.1, -0.05) is 36.4 Å². The predicted octanol–water partition coefficient (Wildman–Crippen LogP) is 5.48. The average molecular weight is 620 g/mol. The van der Waals surface area contributed by atoms with E-state index < -0.39 is 17.3 Å². The largest absolute Gasteiger partial charge is 0.419 e. The Balaban J connectivity index is 1.24. The molecule has 5 rings (SSSR count). The zero-order chi connectivity index (χ0) is 32.2. The number of likely N-dealkylation sites (N-methyl/N-ethyl adjacent to an activating group) is 1. The zero-order valence-electron chi connectivity index (χ0n) is 25.4. The summed E-state index contributed by atoms with van der Waals surface area (Å²) in [6.07, 6.45) is 5.90. The molecule has 45 heavy (non-hydrogen) atoms. The highest BCUT2D eigenvalue weighted by atomic mass is 19.4. The van der Waals surface area contributed by atoms with Crippen molar-refractivity contribution in [3.63, 3.8) is 0 Å². The van der Waals surface area contributed by atoms with Gasteiger partial charge in [-0.25, -0.2) is 15.0 Å². The number of rotatable bonds is 9. The van der Waals surface area contributed by atoms with E-state index in [2.05, 4.69) is 30.9 Å². The van der Waals surface area contributed by atoms with Crippen molar-refractivity contribution in [2.75, 3.05) is 31.3 Å². The normalized spacial score (nSPS) is 19.7. The van der Waals surface area contributed by atoms with Crippen LogP contribution in [0.2, 0.25) is 0 Å². The quantitative estimate of drug-likeness (QED) is 0.272. The van der Waals surface area contributed by atoms with Crippen molar-refractivity contribution in [2.24, 2.45) is 0 Å². The minimum Gasteiger partial charge on any atom is -0.351 e. The Bertz CT molecular complexity index is 1620. The van der Waals surface area contributed by atoms with Gasteiger partial charge in [-0.05, 0) is 76.4 Å². The summed E-state index contributed by atoms with van der Waals surface area (Å²) in [6, 6.07) is 10.4. The molecule has 0 saturated heterocycles. The number of carbonyl (C=O) groups is 2. The number of aromatic nitrogens is 3. The Kier molecular flexibility index (Phi) is 9.33. The number of allylic oxidation sites excluding steroid dienone is 1. The Labute approximate surface area is 260 Å². The lowest BCUT2D eigenvalue weighted by molar-refractivity contribution is -0.138. The van der Waals surface area contributed by atoms with Crippen LogP contribution in [-0.4, -0.2) is 63.9 Å². The Morgan fingerprint density at radius 2 is 1.91 bits per heavy atom. The highest BCUT2D eigenvalue weighted by Crippen LogP contribution is 2.40. The van der Waals surface area contributed by atoms with Crippen molar-refractivity contribution in [1.29, 1.82) is 0 Å². The molecule has 0 spiro atoms. The fraction of sp³-hybridized carbons (Fsp3) is 0.364. The summed E-state index contributed by atoms with van der Waals surface area (Å²) in [5.74, 6) is -0.542. The van der Waals surface area contributed by atoms with Gasteiger partial charge in [0.1, 0.15) is 11.3 Å². The smallest absolute Gasteiger partial charge is 0.351 e. The molecule has 2 aliphatic carbocycles. The highest BCUT2D eigenvalue weighted by molar-refractivity contribution is 5.99. The molecule has 2 aliphatic rings. The van der Waals surface area contributed by atoms with Crippen LogP contribution in [0.15, 0.2) is 67.0 Å². The second kappa shape index (κ2) is 13.2. The summed E-state index contributed by atoms with van der Waals surface area (Å²) in [6.45, 7) is 2.57. The number of amides is 2. The molecule has 3 aromatic rings. The van der Waals surface area contributed by atoms with Crippen molar-refractivity contribution in [1.82, 2.24) is 25.2 Å². The second-order valence-corrected chi connectivity index (χ2v) is 12.0. The van der Waals surface area contributed by atoms with Gasteiger partial charge in [0, 0.05) is 36.0 Å². The molecule has 12 heteroatoms. The lowest BCUT2D eigenvalue weighted by Gasteiger charge is -2.39. The van der Waals surface area contributed by atoms with Gasteiger partial charge in [0.2, 0.25) is 11.9 Å². The van der Waals surface area contributed by atoms with Gasteiger partial charge in [0.15, 0.2) is 0 Å². The summed E-state index contributed by atoms with van der Waals surface area (Å²) >= 11 is 0. The van der Waals surface area contributed by atoms with Crippen molar-refractivity contribution >= 4 is 29.0 Å². The number of fused-ring (bicyclic) bond motifs is 1. The summed E-state index contributed by atoms with van der Waals surface area (Å²) in [5.41, 5.74) is 1.18. The van der Waals surface area contributed by atoms with Gasteiger partial charge in [-0.2, -0.15) is 13.2 Å². The summed E-state index contributed by atoms with van der Waals surface area (Å²) < 4.78 is 41.9. The van der Waals surface area contributed by atoms with Crippen LogP contribution in [0.25, 0.3) is 5.57 Å². The first-order valence-corrected chi connectivity index (χ1v) is 14.8. The number of anilines is 2. The molecular formula is C33H36F3N7O2. The maximum Gasteiger partial charge on any atom is 0.419 e. The summed E-state index contributed by atoms with van der Waals surface area (Å²) in [4.78, 5) is 39.8. The van der Waals surface area contributed by atoms with E-state index in [-0.39, 0.29) is 35.2 Å². The van der Waals surface area contributed by atoms with Gasteiger partial charge < -0.3 is 20.9 Å². The maximum atomic E-state index is 14.0. The topological polar surface area (TPSA) is 112 Å². The molecule has 3 N–H and O–H groups in total. The minimum absolute atomic E-state index is 0.111. The van der Waals surface area contributed by atoms with Gasteiger partial charge >= 0.3 is 6.18 Å². The number of hydrogen-bond acceptors (Lipinski definition) is 7. The third-order valence-electron chi connectivity index (χ3n) is 7.91. The molecule has 236 valence electrons. The predicted molar refractivity (Wildman–Crippen MR) is 167 cm³/mol. The van der Waals surface area contributed by atoms with Crippen LogP contribution in [0.4, 0.5) is 24.8 Å². The molecule has 0 aliphatic heterocycles. The van der Waals surface area contributed by atoms with Crippen LogP contribution in [0.3, 0.4) is 0 Å². The number of nitrogens with one attached hydrogen (secondary N) is 3. The van der Waals surface area contributed by atoms with Crippen molar-refractivity contribution < 1.29 is 22.8 Å². The van der Waals surface area contributed by atoms with E-state index in [0.29, 0.717) is 37.1 Å². The molecule has 0 unspecified atom stereocenters. The van der Waals surface area contributed by atoms with Gasteiger partial charge in [0.25, 0.3) is 5.91 Å². The van der Waals surface area contributed by atoms with Crippen molar-refractivity contribution in [3.8, 4) is 0 Å². The molecule has 9 nitrogen and oxygen atoms in total. The van der Waals surface area contributed by atoms with Crippen LogP contribution in [0, 0.1) is 0 Å². The van der Waals surface area contributed by atoms with E-state index >= 15 is 0 Å². The van der Waals surface area contributed by atoms with Crippen LogP contribution in [0.5, 0.6) is 0 Å². The summed E-state index contributed by atoms with van der Waals surface area (Å²) in [7, 11) is 3.80. The number of benzene rings is 1. The molecule has 1 aromatic carbocycles. The van der Waals surface area contributed by atoms with E-state index in [1.54, 1.807) is 30.4 Å². The van der Waals surface area contributed by atoms with E-state index in [1.807, 2.05) is 44.1 Å². The minimum atomic E-state index is -4.61. The first-order chi connectivity index (χ1) is 21.4. The van der Waals surface area contributed by atoms with Crippen molar-refractivity contribution in [2.45, 2.75) is 56.8 Å². The lowest BCUT2D eigenvalue weighted by Crippen LogP contribution is -2.51.